The molecule has 1 aromatic rings. The van der Waals surface area contributed by atoms with Gasteiger partial charge in [0, 0.05) is 0 Å². The van der Waals surface area contributed by atoms with Crippen molar-refractivity contribution in [3.05, 3.63) is 46.8 Å². The van der Waals surface area contributed by atoms with Crippen LogP contribution in [0.5, 0.6) is 0 Å². The maximum Gasteiger partial charge on any atom is 0.145 e. The SMILES string of the molecule is C=CC1CCC(C2CCC(c3ccc(CCCCC)c(F)c3Cl)CC2)CC1. The standard InChI is InChI=1S/C25H36ClF/c1-3-5-6-7-22-16-17-23(24(26)25(22)27)21-14-12-20(13-15-21)19-10-8-18(4-2)9-11-19/h4,16-21H,2-3,5-15H2,1H3. The molecular weight excluding hydrogens is 355 g/mol. The highest BCUT2D eigenvalue weighted by Gasteiger charge is 2.31. The van der Waals surface area contributed by atoms with Gasteiger partial charge >= 0.3 is 0 Å². The molecule has 0 nitrogen and oxygen atoms in total. The molecular formula is C25H36ClF. The van der Waals surface area contributed by atoms with Gasteiger partial charge < -0.3 is 0 Å². The summed E-state index contributed by atoms with van der Waals surface area (Å²) in [7, 11) is 0. The largest absolute Gasteiger partial charge is 0.205 e. The van der Waals surface area contributed by atoms with Gasteiger partial charge in [-0.05, 0) is 99.0 Å². The lowest BCUT2D eigenvalue weighted by Gasteiger charge is -2.37. The molecule has 3 rings (SSSR count). The number of benzene rings is 1. The maximum absolute atomic E-state index is 14.7. The van der Waals surface area contributed by atoms with Crippen molar-refractivity contribution < 1.29 is 4.39 Å². The van der Waals surface area contributed by atoms with Crippen molar-refractivity contribution in [2.45, 2.75) is 89.9 Å². The van der Waals surface area contributed by atoms with E-state index in [2.05, 4.69) is 25.6 Å². The molecule has 0 aromatic heterocycles. The van der Waals surface area contributed by atoms with E-state index < -0.39 is 0 Å². The van der Waals surface area contributed by atoms with Crippen LogP contribution in [0.2, 0.25) is 5.02 Å². The van der Waals surface area contributed by atoms with Crippen LogP contribution in [0, 0.1) is 23.6 Å². The van der Waals surface area contributed by atoms with Gasteiger partial charge in [-0.1, -0.05) is 49.6 Å². The number of unbranched alkanes of at least 4 members (excludes halogenated alkanes) is 2. The molecule has 0 aliphatic heterocycles. The monoisotopic (exact) mass is 390 g/mol. The quantitative estimate of drug-likeness (QED) is 0.323. The highest BCUT2D eigenvalue weighted by atomic mass is 35.5. The Hall–Kier alpha value is -0.820. The van der Waals surface area contributed by atoms with Gasteiger partial charge in [-0.25, -0.2) is 4.39 Å². The normalized spacial score (nSPS) is 28.9. The summed E-state index contributed by atoms with van der Waals surface area (Å²) in [4.78, 5) is 0. The summed E-state index contributed by atoms with van der Waals surface area (Å²) in [5, 5.41) is 0.402. The lowest BCUT2D eigenvalue weighted by atomic mass is 9.68. The highest BCUT2D eigenvalue weighted by Crippen LogP contribution is 2.45. The molecule has 27 heavy (non-hydrogen) atoms. The van der Waals surface area contributed by atoms with Gasteiger partial charge in [0.25, 0.3) is 0 Å². The molecule has 2 saturated carbocycles. The predicted molar refractivity (Wildman–Crippen MR) is 115 cm³/mol. The Morgan fingerprint density at radius 3 is 2.22 bits per heavy atom. The Balaban J connectivity index is 1.56. The number of hydrogen-bond acceptors (Lipinski definition) is 0. The van der Waals surface area contributed by atoms with E-state index in [0.29, 0.717) is 10.9 Å². The number of halogens is 2. The third kappa shape index (κ3) is 5.17. The molecule has 0 bridgehead atoms. The van der Waals surface area contributed by atoms with E-state index in [1.54, 1.807) is 0 Å². The van der Waals surface area contributed by atoms with Gasteiger partial charge in [0.1, 0.15) is 5.82 Å². The van der Waals surface area contributed by atoms with E-state index in [-0.39, 0.29) is 5.82 Å². The molecule has 0 spiro atoms. The minimum atomic E-state index is -0.157. The van der Waals surface area contributed by atoms with Gasteiger partial charge in [-0.3, -0.25) is 0 Å². The average Bonchev–Trinajstić information content (AvgIpc) is 2.72. The van der Waals surface area contributed by atoms with Crippen molar-refractivity contribution in [3.63, 3.8) is 0 Å². The van der Waals surface area contributed by atoms with E-state index >= 15 is 0 Å². The summed E-state index contributed by atoms with van der Waals surface area (Å²) in [5.41, 5.74) is 1.85. The van der Waals surface area contributed by atoms with E-state index in [9.17, 15) is 4.39 Å². The first-order valence-corrected chi connectivity index (χ1v) is 11.6. The number of hydrogen-bond donors (Lipinski definition) is 0. The molecule has 0 unspecified atom stereocenters. The fourth-order valence-electron chi connectivity index (χ4n) is 5.43. The van der Waals surface area contributed by atoms with Crippen molar-refractivity contribution in [2.24, 2.45) is 17.8 Å². The summed E-state index contributed by atoms with van der Waals surface area (Å²) >= 11 is 6.48. The Morgan fingerprint density at radius 1 is 1.00 bits per heavy atom. The lowest BCUT2D eigenvalue weighted by Crippen LogP contribution is -2.25. The average molecular weight is 391 g/mol. The van der Waals surface area contributed by atoms with Gasteiger partial charge in [-0.2, -0.15) is 0 Å². The van der Waals surface area contributed by atoms with Crippen LogP contribution < -0.4 is 0 Å². The first-order chi connectivity index (χ1) is 13.1. The topological polar surface area (TPSA) is 0 Å². The summed E-state index contributed by atoms with van der Waals surface area (Å²) in [6, 6.07) is 4.11. The minimum absolute atomic E-state index is 0.157. The van der Waals surface area contributed by atoms with Crippen LogP contribution in [0.25, 0.3) is 0 Å². The second-order valence-corrected chi connectivity index (χ2v) is 9.30. The third-order valence-electron chi connectivity index (χ3n) is 7.27. The van der Waals surface area contributed by atoms with Crippen molar-refractivity contribution in [2.75, 3.05) is 0 Å². The Morgan fingerprint density at radius 2 is 1.63 bits per heavy atom. The van der Waals surface area contributed by atoms with Crippen LogP contribution in [0.4, 0.5) is 4.39 Å². The summed E-state index contributed by atoms with van der Waals surface area (Å²) in [6.07, 6.45) is 16.6. The molecule has 2 aliphatic carbocycles. The molecule has 2 heteroatoms. The smallest absolute Gasteiger partial charge is 0.145 e. The lowest BCUT2D eigenvalue weighted by molar-refractivity contribution is 0.171. The maximum atomic E-state index is 14.7. The van der Waals surface area contributed by atoms with Crippen LogP contribution in [0.15, 0.2) is 24.8 Å². The van der Waals surface area contributed by atoms with Crippen molar-refractivity contribution in [1.29, 1.82) is 0 Å². The number of allylic oxidation sites excluding steroid dienone is 1. The fourth-order valence-corrected chi connectivity index (χ4v) is 5.77. The number of rotatable bonds is 7. The van der Waals surface area contributed by atoms with Crippen molar-refractivity contribution >= 4 is 11.6 Å². The molecule has 0 saturated heterocycles. The zero-order valence-corrected chi connectivity index (χ0v) is 17.7. The molecule has 0 atom stereocenters. The second-order valence-electron chi connectivity index (χ2n) is 8.92. The molecule has 0 radical (unpaired) electrons. The summed E-state index contributed by atoms with van der Waals surface area (Å²) in [5.74, 6) is 2.79. The predicted octanol–water partition coefficient (Wildman–Crippen LogP) is 8.48. The second kappa shape index (κ2) is 10.1. The first-order valence-electron chi connectivity index (χ1n) is 11.2. The van der Waals surface area contributed by atoms with Gasteiger partial charge in [0.15, 0.2) is 0 Å². The van der Waals surface area contributed by atoms with Crippen molar-refractivity contribution in [1.82, 2.24) is 0 Å². The van der Waals surface area contributed by atoms with E-state index in [0.717, 1.165) is 54.6 Å². The van der Waals surface area contributed by atoms with E-state index in [1.807, 2.05) is 6.07 Å². The van der Waals surface area contributed by atoms with Gasteiger partial charge in [0.2, 0.25) is 0 Å². The Bertz CT molecular complexity index is 607. The van der Waals surface area contributed by atoms with Gasteiger partial charge in [-0.15, -0.1) is 6.58 Å². The Kier molecular flexibility index (Phi) is 7.82. The van der Waals surface area contributed by atoms with E-state index in [4.69, 9.17) is 11.6 Å². The van der Waals surface area contributed by atoms with Crippen LogP contribution in [0.3, 0.4) is 0 Å². The van der Waals surface area contributed by atoms with Gasteiger partial charge in [0.05, 0.1) is 5.02 Å². The third-order valence-corrected chi connectivity index (χ3v) is 7.65. The fraction of sp³-hybridized carbons (Fsp3) is 0.680. The van der Waals surface area contributed by atoms with E-state index in [1.165, 1.54) is 51.4 Å². The zero-order chi connectivity index (χ0) is 19.2. The van der Waals surface area contributed by atoms with Crippen LogP contribution >= 0.6 is 11.6 Å². The Labute approximate surface area is 170 Å². The molecule has 0 N–H and O–H groups in total. The van der Waals surface area contributed by atoms with Crippen LogP contribution in [-0.2, 0) is 6.42 Å². The molecule has 150 valence electrons. The molecule has 2 aliphatic rings. The van der Waals surface area contributed by atoms with Crippen LogP contribution in [-0.4, -0.2) is 0 Å². The molecule has 0 amide bonds. The van der Waals surface area contributed by atoms with Crippen LogP contribution in [0.1, 0.15) is 94.6 Å². The molecule has 1 aromatic carbocycles. The minimum Gasteiger partial charge on any atom is -0.205 e. The summed E-state index contributed by atoms with van der Waals surface area (Å²) in [6.45, 7) is 6.14. The zero-order valence-electron chi connectivity index (χ0n) is 17.0. The molecule has 0 heterocycles. The molecule has 2 fully saturated rings. The van der Waals surface area contributed by atoms with Crippen molar-refractivity contribution in [3.8, 4) is 0 Å². The first kappa shape index (κ1) is 20.9. The summed E-state index contributed by atoms with van der Waals surface area (Å²) < 4.78 is 14.7. The highest BCUT2D eigenvalue weighted by molar-refractivity contribution is 6.31. The number of aryl methyl sites for hydroxylation is 1.